The molecule has 0 aliphatic carbocycles. The summed E-state index contributed by atoms with van der Waals surface area (Å²) in [5.41, 5.74) is -1.18. The predicted octanol–water partition coefficient (Wildman–Crippen LogP) is 1.07. The lowest BCUT2D eigenvalue weighted by Gasteiger charge is -2.41. The first-order valence-electron chi connectivity index (χ1n) is 5.41. The number of carbonyl (C=O) groups is 2. The molecule has 4 nitrogen and oxygen atoms in total. The lowest BCUT2D eigenvalue weighted by Crippen LogP contribution is -2.67. The van der Waals surface area contributed by atoms with Crippen molar-refractivity contribution in [1.29, 1.82) is 0 Å². The molecule has 1 aliphatic heterocycles. The van der Waals surface area contributed by atoms with Gasteiger partial charge in [0.05, 0.1) is 6.54 Å². The van der Waals surface area contributed by atoms with E-state index >= 15 is 0 Å². The van der Waals surface area contributed by atoms with Crippen molar-refractivity contribution in [1.82, 2.24) is 10.2 Å². The molecule has 98 valence electrons. The molecule has 7 heteroatoms. The van der Waals surface area contributed by atoms with E-state index in [1.54, 1.807) is 13.8 Å². The highest BCUT2D eigenvalue weighted by atomic mass is 19.4. The lowest BCUT2D eigenvalue weighted by molar-refractivity contribution is -0.172. The Hall–Kier alpha value is -1.27. The molecule has 0 aromatic carbocycles. The highest BCUT2D eigenvalue weighted by Crippen LogP contribution is 2.25. The van der Waals surface area contributed by atoms with Gasteiger partial charge in [-0.2, -0.15) is 13.2 Å². The maximum atomic E-state index is 12.3. The van der Waals surface area contributed by atoms with Crippen molar-refractivity contribution in [3.8, 4) is 0 Å². The number of nitrogens with zero attached hydrogens (tertiary/aromatic N) is 1. The summed E-state index contributed by atoms with van der Waals surface area (Å²) in [5, 5.41) is 2.50. The van der Waals surface area contributed by atoms with E-state index in [1.165, 1.54) is 0 Å². The molecule has 1 saturated heterocycles. The van der Waals surface area contributed by atoms with Gasteiger partial charge in [0.1, 0.15) is 12.1 Å². The highest BCUT2D eigenvalue weighted by molar-refractivity contribution is 5.97. The second-order valence-corrected chi connectivity index (χ2v) is 4.11. The van der Waals surface area contributed by atoms with Crippen molar-refractivity contribution in [2.75, 3.05) is 13.1 Å². The summed E-state index contributed by atoms with van der Waals surface area (Å²) in [4.78, 5) is 23.9. The molecular weight excluding hydrogens is 237 g/mol. The van der Waals surface area contributed by atoms with Crippen molar-refractivity contribution >= 4 is 11.8 Å². The summed E-state index contributed by atoms with van der Waals surface area (Å²) >= 11 is 0. The van der Waals surface area contributed by atoms with E-state index < -0.39 is 36.6 Å². The Morgan fingerprint density at radius 3 is 2.24 bits per heavy atom. The Bertz CT molecular complexity index is 324. The average molecular weight is 252 g/mol. The molecule has 0 bridgehead atoms. The standard InChI is InChI=1S/C10H15F3N2O2/c1-3-9(4-2)8(17)15(5-7(16)14-9)6-10(11,12)13/h3-6H2,1-2H3,(H,14,16). The van der Waals surface area contributed by atoms with Crippen LogP contribution in [0.4, 0.5) is 13.2 Å². The Morgan fingerprint density at radius 2 is 1.82 bits per heavy atom. The molecule has 0 saturated carbocycles. The first kappa shape index (κ1) is 13.8. The molecule has 1 rings (SSSR count). The van der Waals surface area contributed by atoms with Gasteiger partial charge in [-0.25, -0.2) is 0 Å². The summed E-state index contributed by atoms with van der Waals surface area (Å²) in [6.45, 7) is 1.43. The number of piperazine rings is 1. The molecule has 1 fully saturated rings. The maximum Gasteiger partial charge on any atom is 0.406 e. The summed E-state index contributed by atoms with van der Waals surface area (Å²) in [7, 11) is 0. The van der Waals surface area contributed by atoms with Crippen molar-refractivity contribution < 1.29 is 22.8 Å². The zero-order valence-corrected chi connectivity index (χ0v) is 9.73. The number of hydrogen-bond donors (Lipinski definition) is 1. The van der Waals surface area contributed by atoms with E-state index in [1.807, 2.05) is 0 Å². The summed E-state index contributed by atoms with van der Waals surface area (Å²) in [5.74, 6) is -1.20. The van der Waals surface area contributed by atoms with Crippen LogP contribution in [0.25, 0.3) is 0 Å². The van der Waals surface area contributed by atoms with Crippen LogP contribution >= 0.6 is 0 Å². The smallest absolute Gasteiger partial charge is 0.340 e. The van der Waals surface area contributed by atoms with Crippen LogP contribution in [0.15, 0.2) is 0 Å². The van der Waals surface area contributed by atoms with E-state index in [-0.39, 0.29) is 12.8 Å². The van der Waals surface area contributed by atoms with Crippen molar-refractivity contribution in [3.63, 3.8) is 0 Å². The first-order valence-corrected chi connectivity index (χ1v) is 5.41. The van der Waals surface area contributed by atoms with Crippen LogP contribution in [0.1, 0.15) is 26.7 Å². The van der Waals surface area contributed by atoms with Gasteiger partial charge in [0.25, 0.3) is 0 Å². The molecule has 0 aromatic rings. The van der Waals surface area contributed by atoms with Gasteiger partial charge in [-0.05, 0) is 12.8 Å². The lowest BCUT2D eigenvalue weighted by atomic mass is 9.89. The molecular formula is C10H15F3N2O2. The number of carbonyl (C=O) groups excluding carboxylic acids is 2. The minimum absolute atomic E-state index is 0.280. The van der Waals surface area contributed by atoms with Crippen LogP contribution in [0.5, 0.6) is 0 Å². The number of nitrogens with one attached hydrogen (secondary N) is 1. The number of halogens is 3. The topological polar surface area (TPSA) is 49.4 Å². The molecule has 1 aliphatic rings. The fourth-order valence-corrected chi connectivity index (χ4v) is 1.98. The molecule has 0 aromatic heterocycles. The summed E-state index contributed by atoms with van der Waals surface area (Å²) < 4.78 is 36.8. The zero-order chi connectivity index (χ0) is 13.3. The van der Waals surface area contributed by atoms with E-state index in [0.717, 1.165) is 0 Å². The number of amides is 2. The van der Waals surface area contributed by atoms with Gasteiger partial charge in [-0.1, -0.05) is 13.8 Å². The highest BCUT2D eigenvalue weighted by Gasteiger charge is 2.46. The third kappa shape index (κ3) is 2.89. The maximum absolute atomic E-state index is 12.3. The van der Waals surface area contributed by atoms with Crippen LogP contribution in [0, 0.1) is 0 Å². The molecule has 0 spiro atoms. The van der Waals surface area contributed by atoms with Gasteiger partial charge in [0.2, 0.25) is 11.8 Å². The molecule has 0 radical (unpaired) electrons. The second-order valence-electron chi connectivity index (χ2n) is 4.11. The van der Waals surface area contributed by atoms with Gasteiger partial charge in [0.15, 0.2) is 0 Å². The van der Waals surface area contributed by atoms with Crippen molar-refractivity contribution in [3.05, 3.63) is 0 Å². The normalized spacial score (nSPS) is 20.4. The molecule has 0 unspecified atom stereocenters. The van der Waals surface area contributed by atoms with Crippen molar-refractivity contribution in [2.24, 2.45) is 0 Å². The molecule has 1 N–H and O–H groups in total. The first-order chi connectivity index (χ1) is 7.74. The van der Waals surface area contributed by atoms with Gasteiger partial charge in [0, 0.05) is 0 Å². The Balaban J connectivity index is 2.93. The molecule has 0 atom stereocenters. The van der Waals surface area contributed by atoms with Gasteiger partial charge < -0.3 is 10.2 Å². The Morgan fingerprint density at radius 1 is 1.29 bits per heavy atom. The summed E-state index contributed by atoms with van der Waals surface area (Å²) in [6.07, 6.45) is -3.93. The zero-order valence-electron chi connectivity index (χ0n) is 9.73. The molecule has 1 heterocycles. The number of rotatable bonds is 3. The average Bonchev–Trinajstić information content (AvgIpc) is 2.21. The third-order valence-corrected chi connectivity index (χ3v) is 2.99. The van der Waals surface area contributed by atoms with E-state index in [9.17, 15) is 22.8 Å². The third-order valence-electron chi connectivity index (χ3n) is 2.99. The fraction of sp³-hybridized carbons (Fsp3) is 0.800. The van der Waals surface area contributed by atoms with E-state index in [2.05, 4.69) is 5.32 Å². The van der Waals surface area contributed by atoms with Crippen molar-refractivity contribution in [2.45, 2.75) is 38.4 Å². The van der Waals surface area contributed by atoms with Gasteiger partial charge in [-0.3, -0.25) is 9.59 Å². The molecule has 17 heavy (non-hydrogen) atoms. The Kier molecular flexibility index (Phi) is 3.68. The monoisotopic (exact) mass is 252 g/mol. The minimum Gasteiger partial charge on any atom is -0.340 e. The van der Waals surface area contributed by atoms with Crippen LogP contribution < -0.4 is 5.32 Å². The van der Waals surface area contributed by atoms with Crippen LogP contribution in [0.3, 0.4) is 0 Å². The summed E-state index contributed by atoms with van der Waals surface area (Å²) in [6, 6.07) is 0. The van der Waals surface area contributed by atoms with Gasteiger partial charge in [-0.15, -0.1) is 0 Å². The number of alkyl halides is 3. The molecule has 2 amide bonds. The Labute approximate surface area is 97.1 Å². The quantitative estimate of drug-likeness (QED) is 0.816. The van der Waals surface area contributed by atoms with Crippen LogP contribution in [-0.4, -0.2) is 41.5 Å². The second kappa shape index (κ2) is 4.54. The van der Waals surface area contributed by atoms with Crippen LogP contribution in [-0.2, 0) is 9.59 Å². The fourth-order valence-electron chi connectivity index (χ4n) is 1.98. The largest absolute Gasteiger partial charge is 0.406 e. The predicted molar refractivity (Wildman–Crippen MR) is 54.1 cm³/mol. The van der Waals surface area contributed by atoms with E-state index in [0.29, 0.717) is 4.90 Å². The minimum atomic E-state index is -4.49. The van der Waals surface area contributed by atoms with Crippen LogP contribution in [0.2, 0.25) is 0 Å². The number of hydrogen-bond acceptors (Lipinski definition) is 2. The van der Waals surface area contributed by atoms with E-state index in [4.69, 9.17) is 0 Å². The SMILES string of the molecule is CCC1(CC)NC(=O)CN(CC(F)(F)F)C1=O. The van der Waals surface area contributed by atoms with Gasteiger partial charge >= 0.3 is 6.18 Å².